The molecule has 0 radical (unpaired) electrons. The number of thiol groups is 1. The summed E-state index contributed by atoms with van der Waals surface area (Å²) in [5, 5.41) is 9.37. The number of nitrogens with zero attached hydrogens (tertiary/aromatic N) is 2. The Bertz CT molecular complexity index is 573. The maximum atomic E-state index is 11.9. The van der Waals surface area contributed by atoms with Crippen LogP contribution in [0.1, 0.15) is 42.5 Å². The minimum atomic E-state index is -0.731. The molecular weight excluding hydrogens is 356 g/mol. The highest BCUT2D eigenvalue weighted by atomic mass is 32.1. The molecule has 0 N–H and O–H groups in total. The van der Waals surface area contributed by atoms with Crippen LogP contribution in [0.3, 0.4) is 0 Å². The number of carbonyl (C=O) groups excluding carboxylic acids is 1. The molecule has 144 valence electrons. The number of hydrogen-bond donors (Lipinski definition) is 1. The fraction of sp³-hybridized carbons (Fsp3) is 0.611. The molecule has 0 amide bonds. The Morgan fingerprint density at radius 1 is 1.19 bits per heavy atom. The van der Waals surface area contributed by atoms with Crippen molar-refractivity contribution in [2.24, 2.45) is 5.92 Å². The third-order valence-electron chi connectivity index (χ3n) is 4.62. The predicted octanol–water partition coefficient (Wildman–Crippen LogP) is 3.22. The lowest BCUT2D eigenvalue weighted by atomic mass is 9.92. The first-order valence-electron chi connectivity index (χ1n) is 9.00. The second kappa shape index (κ2) is 11.0. The van der Waals surface area contributed by atoms with Gasteiger partial charge in [0.15, 0.2) is 0 Å². The van der Waals surface area contributed by atoms with Crippen LogP contribution in [0.25, 0.3) is 0 Å². The summed E-state index contributed by atoms with van der Waals surface area (Å²) in [5.74, 6) is 0.322. The van der Waals surface area contributed by atoms with Crippen molar-refractivity contribution in [3.8, 4) is 0 Å². The standard InChI is InChI=1S/C18H26N2O5S/c21-18(16-4-6-17(26)7-5-16)24-13-2-10-19-11-8-15(9-12-19)3-1-14-25-20(22)23/h4-7,15,26H,1-3,8-14H2. The van der Waals surface area contributed by atoms with Crippen LogP contribution in [0.2, 0.25) is 0 Å². The van der Waals surface area contributed by atoms with Crippen molar-refractivity contribution in [2.45, 2.75) is 37.0 Å². The molecule has 0 bridgehead atoms. The van der Waals surface area contributed by atoms with Crippen molar-refractivity contribution >= 4 is 18.6 Å². The van der Waals surface area contributed by atoms with Gasteiger partial charge in [0.25, 0.3) is 5.09 Å². The van der Waals surface area contributed by atoms with Crippen molar-refractivity contribution in [3.05, 3.63) is 39.9 Å². The molecular formula is C18H26N2O5S. The maximum absolute atomic E-state index is 11.9. The molecule has 0 atom stereocenters. The number of carbonyl (C=O) groups is 1. The predicted molar refractivity (Wildman–Crippen MR) is 99.9 cm³/mol. The fourth-order valence-electron chi connectivity index (χ4n) is 3.14. The van der Waals surface area contributed by atoms with E-state index in [1.54, 1.807) is 24.3 Å². The average molecular weight is 382 g/mol. The van der Waals surface area contributed by atoms with Gasteiger partial charge in [0.05, 0.1) is 18.8 Å². The van der Waals surface area contributed by atoms with Crippen LogP contribution in [0.15, 0.2) is 29.2 Å². The minimum Gasteiger partial charge on any atom is -0.462 e. The average Bonchev–Trinajstić information content (AvgIpc) is 2.63. The molecule has 1 saturated heterocycles. The smallest absolute Gasteiger partial charge is 0.338 e. The summed E-state index contributed by atoms with van der Waals surface area (Å²) >= 11 is 4.19. The first kappa shape index (κ1) is 20.5. The van der Waals surface area contributed by atoms with Crippen molar-refractivity contribution in [3.63, 3.8) is 0 Å². The van der Waals surface area contributed by atoms with E-state index in [9.17, 15) is 14.9 Å². The van der Waals surface area contributed by atoms with Crippen LogP contribution in [-0.4, -0.2) is 48.8 Å². The molecule has 8 heteroatoms. The molecule has 1 heterocycles. The summed E-state index contributed by atoms with van der Waals surface area (Å²) in [6.07, 6.45) is 4.74. The normalized spacial score (nSPS) is 15.6. The van der Waals surface area contributed by atoms with Gasteiger partial charge in [0.1, 0.15) is 0 Å². The Kier molecular flexibility index (Phi) is 8.70. The number of likely N-dealkylation sites (tertiary alicyclic amines) is 1. The monoisotopic (exact) mass is 382 g/mol. The highest BCUT2D eigenvalue weighted by molar-refractivity contribution is 7.80. The molecule has 1 aliphatic rings. The third kappa shape index (κ3) is 7.61. The second-order valence-corrected chi connectivity index (χ2v) is 7.04. The molecule has 0 unspecified atom stereocenters. The molecule has 0 aliphatic carbocycles. The van der Waals surface area contributed by atoms with Gasteiger partial charge >= 0.3 is 5.97 Å². The van der Waals surface area contributed by atoms with Gasteiger partial charge in [-0.1, -0.05) is 0 Å². The maximum Gasteiger partial charge on any atom is 0.338 e. The minimum absolute atomic E-state index is 0.190. The third-order valence-corrected chi connectivity index (χ3v) is 4.91. The molecule has 26 heavy (non-hydrogen) atoms. The summed E-state index contributed by atoms with van der Waals surface area (Å²) in [6.45, 7) is 3.57. The van der Waals surface area contributed by atoms with Crippen molar-refractivity contribution in [1.29, 1.82) is 0 Å². The fourth-order valence-corrected chi connectivity index (χ4v) is 3.29. The van der Waals surface area contributed by atoms with Crippen molar-refractivity contribution in [1.82, 2.24) is 4.90 Å². The van der Waals surface area contributed by atoms with E-state index in [1.165, 1.54) is 0 Å². The molecule has 2 rings (SSSR count). The Morgan fingerprint density at radius 3 is 2.54 bits per heavy atom. The van der Waals surface area contributed by atoms with Gasteiger partial charge < -0.3 is 14.5 Å². The Morgan fingerprint density at radius 2 is 1.88 bits per heavy atom. The van der Waals surface area contributed by atoms with Gasteiger partial charge in [-0.05, 0) is 75.4 Å². The second-order valence-electron chi connectivity index (χ2n) is 6.52. The van der Waals surface area contributed by atoms with E-state index in [-0.39, 0.29) is 12.6 Å². The van der Waals surface area contributed by atoms with Crippen LogP contribution >= 0.6 is 12.6 Å². The van der Waals surface area contributed by atoms with E-state index in [2.05, 4.69) is 22.4 Å². The lowest BCUT2D eigenvalue weighted by Crippen LogP contribution is -2.35. The van der Waals surface area contributed by atoms with Gasteiger partial charge in [-0.25, -0.2) is 4.79 Å². The number of ether oxygens (including phenoxy) is 1. The number of esters is 1. The lowest BCUT2D eigenvalue weighted by Gasteiger charge is -2.31. The largest absolute Gasteiger partial charge is 0.462 e. The zero-order chi connectivity index (χ0) is 18.8. The summed E-state index contributed by atoms with van der Waals surface area (Å²) in [7, 11) is 0. The van der Waals surface area contributed by atoms with Crippen molar-refractivity contribution in [2.75, 3.05) is 32.8 Å². The first-order chi connectivity index (χ1) is 12.5. The van der Waals surface area contributed by atoms with E-state index in [0.29, 0.717) is 18.1 Å². The highest BCUT2D eigenvalue weighted by Gasteiger charge is 2.18. The van der Waals surface area contributed by atoms with Crippen LogP contribution in [0.5, 0.6) is 0 Å². The summed E-state index contributed by atoms with van der Waals surface area (Å²) in [6, 6.07) is 6.97. The SMILES string of the molecule is O=C(OCCCN1CCC(CCCO[N+](=O)[O-])CC1)c1ccc(S)cc1. The summed E-state index contributed by atoms with van der Waals surface area (Å²) in [4.78, 5) is 29.5. The summed E-state index contributed by atoms with van der Waals surface area (Å²) < 4.78 is 5.31. The number of benzene rings is 1. The molecule has 1 aromatic carbocycles. The summed E-state index contributed by atoms with van der Waals surface area (Å²) in [5.41, 5.74) is 0.546. The quantitative estimate of drug-likeness (QED) is 0.220. The number of rotatable bonds is 10. The zero-order valence-electron chi connectivity index (χ0n) is 14.8. The van der Waals surface area contributed by atoms with E-state index >= 15 is 0 Å². The molecule has 1 aromatic rings. The van der Waals surface area contributed by atoms with Gasteiger partial charge in [-0.2, -0.15) is 0 Å². The molecule has 1 fully saturated rings. The molecule has 7 nitrogen and oxygen atoms in total. The van der Waals surface area contributed by atoms with Gasteiger partial charge in [-0.15, -0.1) is 22.7 Å². The van der Waals surface area contributed by atoms with Crippen LogP contribution in [0, 0.1) is 16.0 Å². The molecule has 0 saturated carbocycles. The van der Waals surface area contributed by atoms with E-state index < -0.39 is 5.09 Å². The molecule has 0 spiro atoms. The van der Waals surface area contributed by atoms with E-state index in [4.69, 9.17) is 4.74 Å². The highest BCUT2D eigenvalue weighted by Crippen LogP contribution is 2.22. The van der Waals surface area contributed by atoms with Crippen LogP contribution in [-0.2, 0) is 9.57 Å². The molecule has 1 aliphatic heterocycles. The zero-order valence-corrected chi connectivity index (χ0v) is 15.7. The van der Waals surface area contributed by atoms with E-state index in [1.807, 2.05) is 0 Å². The topological polar surface area (TPSA) is 81.9 Å². The van der Waals surface area contributed by atoms with Crippen LogP contribution < -0.4 is 0 Å². The van der Waals surface area contributed by atoms with Crippen molar-refractivity contribution < 1.29 is 19.5 Å². The van der Waals surface area contributed by atoms with Gasteiger partial charge in [-0.3, -0.25) is 0 Å². The molecule has 0 aromatic heterocycles. The first-order valence-corrected chi connectivity index (χ1v) is 9.45. The van der Waals surface area contributed by atoms with E-state index in [0.717, 1.165) is 56.6 Å². The Hall–Kier alpha value is -1.80. The van der Waals surface area contributed by atoms with Crippen LogP contribution in [0.4, 0.5) is 0 Å². The lowest BCUT2D eigenvalue weighted by molar-refractivity contribution is -0.757. The van der Waals surface area contributed by atoms with Gasteiger partial charge in [0, 0.05) is 11.4 Å². The van der Waals surface area contributed by atoms with Gasteiger partial charge in [0.2, 0.25) is 0 Å². The number of piperidine rings is 1. The Balaban J connectivity index is 1.52. The Labute approximate surface area is 159 Å². The number of hydrogen-bond acceptors (Lipinski definition) is 7.